The molecule has 1 N–H and O–H groups in total. The Hall–Kier alpha value is -2.64. The first-order valence-electron chi connectivity index (χ1n) is 10.7. The number of hydrogen-bond acceptors (Lipinski definition) is 1. The van der Waals surface area contributed by atoms with Crippen molar-refractivity contribution in [3.05, 3.63) is 28.8 Å². The fourth-order valence-electron chi connectivity index (χ4n) is 3.33. The van der Waals surface area contributed by atoms with E-state index in [1.54, 1.807) is 0 Å². The van der Waals surface area contributed by atoms with Gasteiger partial charge in [0.15, 0.2) is 0 Å². The van der Waals surface area contributed by atoms with Gasteiger partial charge in [-0.2, -0.15) is 83.4 Å². The Balaban J connectivity index is 3.43. The number of halogens is 19. The molecule has 0 atom stereocenters. The van der Waals surface area contributed by atoms with Crippen LogP contribution in [0.15, 0.2) is 12.1 Å². The first-order chi connectivity index (χ1) is 18.1. The highest BCUT2D eigenvalue weighted by Gasteiger charge is 2.94. The Bertz CT molecular complexity index is 1140. The van der Waals surface area contributed by atoms with Crippen molar-refractivity contribution in [2.75, 3.05) is 5.32 Å². The summed E-state index contributed by atoms with van der Waals surface area (Å²) in [6.45, 7) is 0.625. The number of nitrogens with one attached hydrogen (secondary N) is 1. The number of anilines is 1. The summed E-state index contributed by atoms with van der Waals surface area (Å²) in [6, 6.07) is 1.25. The van der Waals surface area contributed by atoms with Crippen molar-refractivity contribution in [1.29, 1.82) is 0 Å². The molecule has 0 aliphatic rings. The van der Waals surface area contributed by atoms with Crippen molar-refractivity contribution in [1.82, 2.24) is 0 Å². The van der Waals surface area contributed by atoms with Gasteiger partial charge in [-0.15, -0.1) is 0 Å². The van der Waals surface area contributed by atoms with E-state index in [4.69, 9.17) is 0 Å². The molecule has 0 bridgehead atoms. The molecule has 0 unspecified atom stereocenters. The van der Waals surface area contributed by atoms with E-state index >= 15 is 0 Å². The second kappa shape index (κ2) is 10.5. The van der Waals surface area contributed by atoms with Crippen molar-refractivity contribution >= 4 is 11.6 Å². The van der Waals surface area contributed by atoms with Crippen molar-refractivity contribution < 1.29 is 88.2 Å². The number of benzene rings is 1. The highest BCUT2D eigenvalue weighted by Crippen LogP contribution is 2.64. The van der Waals surface area contributed by atoms with E-state index in [0.717, 1.165) is 13.8 Å². The third-order valence-corrected chi connectivity index (χ3v) is 5.80. The van der Waals surface area contributed by atoms with Gasteiger partial charge < -0.3 is 5.32 Å². The molecular weight excluding hydrogens is 643 g/mol. The normalized spacial score (nSPS) is 15.2. The van der Waals surface area contributed by atoms with Gasteiger partial charge in [0, 0.05) is 19.0 Å². The van der Waals surface area contributed by atoms with Crippen LogP contribution in [0.2, 0.25) is 0 Å². The predicted octanol–water partition coefficient (Wildman–Crippen LogP) is 8.84. The smallest absolute Gasteiger partial charge is 0.318 e. The quantitative estimate of drug-likeness (QED) is 0.237. The fourth-order valence-corrected chi connectivity index (χ4v) is 3.33. The van der Waals surface area contributed by atoms with Crippen molar-refractivity contribution in [2.45, 2.75) is 87.2 Å². The van der Waals surface area contributed by atoms with E-state index < -0.39 is 90.5 Å². The first-order valence-corrected chi connectivity index (χ1v) is 10.7. The number of rotatable bonds is 11. The maximum absolute atomic E-state index is 14.2. The van der Waals surface area contributed by atoms with E-state index in [0.29, 0.717) is 12.1 Å². The monoisotopic (exact) mass is 659 g/mol. The topological polar surface area (TPSA) is 29.1 Å². The molecular formula is C21H16F19NO. The van der Waals surface area contributed by atoms with E-state index in [2.05, 4.69) is 0 Å². The molecule has 1 rings (SSSR count). The van der Waals surface area contributed by atoms with Gasteiger partial charge in [0.05, 0.1) is 0 Å². The first kappa shape index (κ1) is 37.4. The zero-order valence-corrected chi connectivity index (χ0v) is 20.7. The SMILES string of the molecule is Cc1cc(CCC(F)(F)C(F)(F)C(F)(F)C(F)(F)C(F)(F)C(F)(F)C(F)(F)C(C)(F)F)cc(C)c1NC(=O)C(F)(F)F. The number of carbonyl (C=O) groups excluding carboxylic acids is 1. The van der Waals surface area contributed by atoms with Crippen LogP contribution in [-0.2, 0) is 11.2 Å². The van der Waals surface area contributed by atoms with Crippen LogP contribution in [0.5, 0.6) is 0 Å². The molecule has 2 nitrogen and oxygen atoms in total. The molecule has 0 heterocycles. The molecule has 0 aliphatic carbocycles. The molecule has 0 radical (unpaired) electrons. The molecule has 21 heteroatoms. The predicted molar refractivity (Wildman–Crippen MR) is 104 cm³/mol. The number of amides is 1. The van der Waals surface area contributed by atoms with E-state index in [-0.39, 0.29) is 11.1 Å². The zero-order chi connectivity index (χ0) is 33.9. The van der Waals surface area contributed by atoms with Gasteiger partial charge in [0.25, 0.3) is 0 Å². The van der Waals surface area contributed by atoms with Crippen molar-refractivity contribution in [3.63, 3.8) is 0 Å². The lowest BCUT2D eigenvalue weighted by molar-refractivity contribution is -0.452. The molecule has 0 saturated heterocycles. The summed E-state index contributed by atoms with van der Waals surface area (Å²) in [4.78, 5) is 11.1. The standard InChI is InChI=1S/C21H16F19NO/c1-8-6-10(7-9(2)11(8)41-12(42)15(26,27)28)4-5-14(24,25)17(31,32)19(35,36)21(39,40)20(37,38)18(33,34)16(29,30)13(3,22)23/h6-7H,4-5H2,1-3H3,(H,41,42). The molecule has 0 aromatic heterocycles. The summed E-state index contributed by atoms with van der Waals surface area (Å²) in [5.41, 5.74) is -1.95. The summed E-state index contributed by atoms with van der Waals surface area (Å²) < 4.78 is 256. The highest BCUT2D eigenvalue weighted by atomic mass is 19.4. The molecule has 0 aliphatic heterocycles. The highest BCUT2D eigenvalue weighted by molar-refractivity contribution is 5.96. The minimum Gasteiger partial charge on any atom is -0.318 e. The van der Waals surface area contributed by atoms with Crippen LogP contribution in [0.25, 0.3) is 0 Å². The summed E-state index contributed by atoms with van der Waals surface area (Å²) in [5, 5.41) is 1.38. The minimum atomic E-state index is -8.52. The Labute approximate surface area is 222 Å². The lowest BCUT2D eigenvalue weighted by Gasteiger charge is -2.43. The molecule has 42 heavy (non-hydrogen) atoms. The molecule has 0 fully saturated rings. The zero-order valence-electron chi connectivity index (χ0n) is 20.7. The van der Waals surface area contributed by atoms with E-state index in [1.807, 2.05) is 0 Å². The average molecular weight is 659 g/mol. The van der Waals surface area contributed by atoms with Crippen LogP contribution in [0.4, 0.5) is 89.1 Å². The Morgan fingerprint density at radius 3 is 1.26 bits per heavy atom. The van der Waals surface area contributed by atoms with Gasteiger partial charge in [-0.1, -0.05) is 12.1 Å². The van der Waals surface area contributed by atoms with Gasteiger partial charge in [0.2, 0.25) is 0 Å². The number of alkyl halides is 19. The molecule has 0 saturated carbocycles. The largest absolute Gasteiger partial charge is 0.471 e. The average Bonchev–Trinajstić information content (AvgIpc) is 2.77. The summed E-state index contributed by atoms with van der Waals surface area (Å²) in [5.74, 6) is -64.2. The van der Waals surface area contributed by atoms with Crippen molar-refractivity contribution in [2.24, 2.45) is 0 Å². The molecule has 1 aromatic carbocycles. The molecule has 0 spiro atoms. The number of carbonyl (C=O) groups is 1. The molecule has 1 amide bonds. The second-order valence-electron chi connectivity index (χ2n) is 9.10. The third-order valence-electron chi connectivity index (χ3n) is 5.80. The molecule has 244 valence electrons. The van der Waals surface area contributed by atoms with Crippen LogP contribution in [0.3, 0.4) is 0 Å². The van der Waals surface area contributed by atoms with Crippen molar-refractivity contribution in [3.8, 4) is 0 Å². The minimum absolute atomic E-state index is 0.370. The number of aryl methyl sites for hydroxylation is 3. The van der Waals surface area contributed by atoms with Crippen LogP contribution in [0.1, 0.15) is 30.0 Å². The third kappa shape index (κ3) is 5.79. The lowest BCUT2D eigenvalue weighted by atomic mass is 9.86. The van der Waals surface area contributed by atoms with Gasteiger partial charge in [-0.05, 0) is 37.0 Å². The summed E-state index contributed by atoms with van der Waals surface area (Å²) in [6.07, 6.45) is -9.65. The lowest BCUT2D eigenvalue weighted by Crippen LogP contribution is -2.74. The second-order valence-corrected chi connectivity index (χ2v) is 9.10. The van der Waals surface area contributed by atoms with Gasteiger partial charge in [-0.25, -0.2) is 0 Å². The summed E-state index contributed by atoms with van der Waals surface area (Å²) in [7, 11) is 0. The summed E-state index contributed by atoms with van der Waals surface area (Å²) >= 11 is 0. The van der Waals surface area contributed by atoms with Crippen LogP contribution >= 0.6 is 0 Å². The maximum atomic E-state index is 14.2. The van der Waals surface area contributed by atoms with Crippen LogP contribution < -0.4 is 5.32 Å². The Morgan fingerprint density at radius 1 is 0.595 bits per heavy atom. The van der Waals surface area contributed by atoms with Gasteiger partial charge in [0.1, 0.15) is 0 Å². The van der Waals surface area contributed by atoms with Gasteiger partial charge >= 0.3 is 59.5 Å². The molecule has 1 aromatic rings. The Kier molecular flexibility index (Phi) is 9.36. The maximum Gasteiger partial charge on any atom is 0.471 e. The van der Waals surface area contributed by atoms with Gasteiger partial charge in [-0.3, -0.25) is 4.79 Å². The van der Waals surface area contributed by atoms with E-state index in [1.165, 1.54) is 5.32 Å². The van der Waals surface area contributed by atoms with Crippen LogP contribution in [0, 0.1) is 13.8 Å². The Morgan fingerprint density at radius 2 is 0.929 bits per heavy atom. The fraction of sp³-hybridized carbons (Fsp3) is 0.667. The van der Waals surface area contributed by atoms with Crippen LogP contribution in [-0.4, -0.2) is 59.5 Å². The van der Waals surface area contributed by atoms with E-state index in [9.17, 15) is 88.2 Å². The number of hydrogen-bond donors (Lipinski definition) is 1.